The van der Waals surface area contributed by atoms with Crippen LogP contribution in [-0.4, -0.2) is 48.1 Å². The first kappa shape index (κ1) is 22.1. The summed E-state index contributed by atoms with van der Waals surface area (Å²) in [6, 6.07) is 14.0. The molecule has 2 aliphatic rings. The van der Waals surface area contributed by atoms with Crippen LogP contribution in [0.25, 0.3) is 5.76 Å². The maximum atomic E-state index is 13.1. The molecule has 32 heavy (non-hydrogen) atoms. The summed E-state index contributed by atoms with van der Waals surface area (Å²) in [5, 5.41) is 11.1. The predicted molar refractivity (Wildman–Crippen MR) is 122 cm³/mol. The van der Waals surface area contributed by atoms with E-state index in [-0.39, 0.29) is 17.4 Å². The summed E-state index contributed by atoms with van der Waals surface area (Å²) < 4.78 is 10.9. The number of ketones is 1. The number of benzene rings is 2. The number of nitrogens with zero attached hydrogens (tertiary/aromatic N) is 1. The molecular formula is C26H29NO5. The minimum atomic E-state index is -0.672. The molecule has 0 saturated carbocycles. The number of aliphatic hydroxyl groups is 1. The SMILES string of the molecule is COc1ccc(C(O)=C2C(=O)C(=O)N(C[C@@H]3CCCO3)[C@@H]2c2ccc(C(C)C)cc2)cc1. The van der Waals surface area contributed by atoms with E-state index in [4.69, 9.17) is 9.47 Å². The van der Waals surface area contributed by atoms with Crippen LogP contribution in [0.15, 0.2) is 54.1 Å². The van der Waals surface area contributed by atoms with E-state index in [2.05, 4.69) is 13.8 Å². The van der Waals surface area contributed by atoms with Gasteiger partial charge in [0.15, 0.2) is 0 Å². The third kappa shape index (κ3) is 4.15. The molecule has 0 aliphatic carbocycles. The number of ether oxygens (including phenoxy) is 2. The van der Waals surface area contributed by atoms with E-state index < -0.39 is 17.7 Å². The van der Waals surface area contributed by atoms with Gasteiger partial charge in [0.2, 0.25) is 0 Å². The average Bonchev–Trinajstić information content (AvgIpc) is 3.41. The highest BCUT2D eigenvalue weighted by Gasteiger charge is 2.47. The molecule has 2 aliphatic heterocycles. The summed E-state index contributed by atoms with van der Waals surface area (Å²) in [7, 11) is 1.56. The van der Waals surface area contributed by atoms with Crippen LogP contribution in [0.2, 0.25) is 0 Å². The first-order chi connectivity index (χ1) is 15.4. The van der Waals surface area contributed by atoms with Crippen LogP contribution in [0.5, 0.6) is 5.75 Å². The van der Waals surface area contributed by atoms with E-state index >= 15 is 0 Å². The number of methoxy groups -OCH3 is 1. The second-order valence-corrected chi connectivity index (χ2v) is 8.64. The number of rotatable bonds is 6. The van der Waals surface area contributed by atoms with Gasteiger partial charge in [0, 0.05) is 18.7 Å². The van der Waals surface area contributed by atoms with Gasteiger partial charge in [-0.2, -0.15) is 0 Å². The Balaban J connectivity index is 1.79. The van der Waals surface area contributed by atoms with Gasteiger partial charge in [-0.15, -0.1) is 0 Å². The van der Waals surface area contributed by atoms with Gasteiger partial charge in [0.05, 0.1) is 24.8 Å². The molecule has 2 aromatic rings. The lowest BCUT2D eigenvalue weighted by Crippen LogP contribution is -2.36. The van der Waals surface area contributed by atoms with Crippen molar-refractivity contribution >= 4 is 17.4 Å². The van der Waals surface area contributed by atoms with Gasteiger partial charge in [-0.05, 0) is 54.2 Å². The quantitative estimate of drug-likeness (QED) is 0.413. The molecule has 0 aromatic heterocycles. The fourth-order valence-electron chi connectivity index (χ4n) is 4.39. The van der Waals surface area contributed by atoms with Crippen molar-refractivity contribution in [3.8, 4) is 5.75 Å². The Morgan fingerprint density at radius 2 is 1.81 bits per heavy atom. The lowest BCUT2D eigenvalue weighted by Gasteiger charge is -2.27. The lowest BCUT2D eigenvalue weighted by atomic mass is 9.93. The van der Waals surface area contributed by atoms with Gasteiger partial charge >= 0.3 is 0 Å². The summed E-state index contributed by atoms with van der Waals surface area (Å²) in [5.41, 5.74) is 2.53. The van der Waals surface area contributed by atoms with Crippen LogP contribution >= 0.6 is 0 Å². The molecule has 0 radical (unpaired) electrons. The fourth-order valence-corrected chi connectivity index (χ4v) is 4.39. The maximum Gasteiger partial charge on any atom is 0.295 e. The van der Waals surface area contributed by atoms with E-state index in [9.17, 15) is 14.7 Å². The second-order valence-electron chi connectivity index (χ2n) is 8.64. The number of amides is 1. The summed E-state index contributed by atoms with van der Waals surface area (Å²) in [6.07, 6.45) is 1.68. The summed E-state index contributed by atoms with van der Waals surface area (Å²) in [5.74, 6) is -0.454. The van der Waals surface area contributed by atoms with Gasteiger partial charge in [0.25, 0.3) is 11.7 Å². The predicted octanol–water partition coefficient (Wildman–Crippen LogP) is 4.42. The Morgan fingerprint density at radius 3 is 2.38 bits per heavy atom. The monoisotopic (exact) mass is 435 g/mol. The Bertz CT molecular complexity index is 1020. The Morgan fingerprint density at radius 1 is 1.12 bits per heavy atom. The van der Waals surface area contributed by atoms with Crippen molar-refractivity contribution in [3.63, 3.8) is 0 Å². The molecule has 2 heterocycles. The Labute approximate surface area is 188 Å². The average molecular weight is 436 g/mol. The molecule has 1 N–H and O–H groups in total. The number of carbonyl (C=O) groups is 2. The van der Waals surface area contributed by atoms with Gasteiger partial charge in [-0.3, -0.25) is 9.59 Å². The highest BCUT2D eigenvalue weighted by atomic mass is 16.5. The zero-order valence-electron chi connectivity index (χ0n) is 18.7. The van der Waals surface area contributed by atoms with Crippen LogP contribution in [0.1, 0.15) is 55.3 Å². The zero-order chi connectivity index (χ0) is 22.8. The Hall–Kier alpha value is -3.12. The van der Waals surface area contributed by atoms with Crippen molar-refractivity contribution in [3.05, 3.63) is 70.8 Å². The summed E-state index contributed by atoms with van der Waals surface area (Å²) in [6.45, 7) is 5.21. The van der Waals surface area contributed by atoms with Crippen molar-refractivity contribution in [2.24, 2.45) is 0 Å². The van der Waals surface area contributed by atoms with Crippen molar-refractivity contribution in [2.45, 2.75) is 44.8 Å². The van der Waals surface area contributed by atoms with Crippen LogP contribution in [0, 0.1) is 0 Å². The molecule has 168 valence electrons. The van der Waals surface area contributed by atoms with E-state index in [1.807, 2.05) is 24.3 Å². The number of likely N-dealkylation sites (tertiary alicyclic amines) is 1. The standard InChI is InChI=1S/C26H29NO5/c1-16(2)17-6-8-18(9-7-17)23-22(24(28)19-10-12-20(31-3)13-11-19)25(29)26(30)27(23)15-21-5-4-14-32-21/h6-13,16,21,23,28H,4-5,14-15H2,1-3H3/t21-,23+/m0/s1. The molecule has 0 unspecified atom stereocenters. The van der Waals surface area contributed by atoms with Gasteiger partial charge in [-0.1, -0.05) is 38.1 Å². The molecule has 0 spiro atoms. The van der Waals surface area contributed by atoms with Crippen molar-refractivity contribution in [1.29, 1.82) is 0 Å². The molecule has 1 amide bonds. The van der Waals surface area contributed by atoms with Crippen LogP contribution in [0.3, 0.4) is 0 Å². The smallest absolute Gasteiger partial charge is 0.295 e. The molecule has 6 nitrogen and oxygen atoms in total. The number of Topliss-reactive ketones (excluding diaryl/α,β-unsaturated/α-hetero) is 1. The molecule has 2 fully saturated rings. The Kier molecular flexibility index (Phi) is 6.33. The van der Waals surface area contributed by atoms with Crippen LogP contribution < -0.4 is 4.74 Å². The number of aliphatic hydroxyl groups excluding tert-OH is 1. The largest absolute Gasteiger partial charge is 0.507 e. The van der Waals surface area contributed by atoms with Crippen LogP contribution in [0.4, 0.5) is 0 Å². The highest BCUT2D eigenvalue weighted by molar-refractivity contribution is 6.46. The minimum absolute atomic E-state index is 0.105. The van der Waals surface area contributed by atoms with Crippen LogP contribution in [-0.2, 0) is 14.3 Å². The van der Waals surface area contributed by atoms with Gasteiger partial charge in [-0.25, -0.2) is 0 Å². The number of carbonyl (C=O) groups excluding carboxylic acids is 2. The van der Waals surface area contributed by atoms with Crippen molar-refractivity contribution in [1.82, 2.24) is 4.90 Å². The van der Waals surface area contributed by atoms with E-state index in [0.29, 0.717) is 30.4 Å². The third-order valence-corrected chi connectivity index (χ3v) is 6.25. The summed E-state index contributed by atoms with van der Waals surface area (Å²) >= 11 is 0. The molecule has 2 saturated heterocycles. The fraction of sp³-hybridized carbons (Fsp3) is 0.385. The highest BCUT2D eigenvalue weighted by Crippen LogP contribution is 2.40. The molecule has 2 atom stereocenters. The first-order valence-electron chi connectivity index (χ1n) is 11.0. The van der Waals surface area contributed by atoms with E-state index in [1.54, 1.807) is 36.3 Å². The first-order valence-corrected chi connectivity index (χ1v) is 11.0. The maximum absolute atomic E-state index is 13.1. The normalized spacial score (nSPS) is 22.7. The molecule has 0 bridgehead atoms. The van der Waals surface area contributed by atoms with E-state index in [1.165, 1.54) is 5.56 Å². The van der Waals surface area contributed by atoms with Crippen molar-refractivity contribution in [2.75, 3.05) is 20.3 Å². The molecule has 6 heteroatoms. The number of hydrogen-bond acceptors (Lipinski definition) is 5. The van der Waals surface area contributed by atoms with Gasteiger partial charge in [0.1, 0.15) is 11.5 Å². The molecular weight excluding hydrogens is 406 g/mol. The third-order valence-electron chi connectivity index (χ3n) is 6.25. The minimum Gasteiger partial charge on any atom is -0.507 e. The topological polar surface area (TPSA) is 76.1 Å². The molecule has 4 rings (SSSR count). The van der Waals surface area contributed by atoms with Gasteiger partial charge < -0.3 is 19.5 Å². The zero-order valence-corrected chi connectivity index (χ0v) is 18.7. The summed E-state index contributed by atoms with van der Waals surface area (Å²) in [4.78, 5) is 27.7. The number of hydrogen-bond donors (Lipinski definition) is 1. The lowest BCUT2D eigenvalue weighted by molar-refractivity contribution is -0.140. The van der Waals surface area contributed by atoms with E-state index in [0.717, 1.165) is 18.4 Å². The second kappa shape index (κ2) is 9.17. The molecule has 2 aromatic carbocycles. The van der Waals surface area contributed by atoms with Crippen molar-refractivity contribution < 1.29 is 24.2 Å².